The van der Waals surface area contributed by atoms with Crippen LogP contribution in [0.1, 0.15) is 52.8 Å². The Labute approximate surface area is 165 Å². The van der Waals surface area contributed by atoms with Gasteiger partial charge in [0.1, 0.15) is 5.78 Å². The molecule has 0 aromatic heterocycles. The van der Waals surface area contributed by atoms with Crippen LogP contribution in [-0.4, -0.2) is 17.3 Å². The van der Waals surface area contributed by atoms with Crippen LogP contribution in [-0.2, 0) is 4.79 Å². The third-order valence-corrected chi connectivity index (χ3v) is 7.58. The van der Waals surface area contributed by atoms with Gasteiger partial charge in [0.2, 0.25) is 0 Å². The second-order valence-corrected chi connectivity index (χ2v) is 8.77. The van der Waals surface area contributed by atoms with Gasteiger partial charge in [-0.05, 0) is 30.6 Å². The number of hydrogen-bond donors (Lipinski definition) is 0. The maximum Gasteiger partial charge on any atom is 0.167 e. The van der Waals surface area contributed by atoms with Gasteiger partial charge in [-0.15, -0.1) is 0 Å². The quantitative estimate of drug-likeness (QED) is 0.727. The van der Waals surface area contributed by atoms with Gasteiger partial charge in [0, 0.05) is 35.3 Å². The number of Topliss-reactive ketones (excluding diaryl/α,β-unsaturated/α-hetero) is 3. The Kier molecular flexibility index (Phi) is 4.08. The number of carbonyl (C=O) groups is 3. The van der Waals surface area contributed by atoms with Crippen molar-refractivity contribution in [3.63, 3.8) is 0 Å². The summed E-state index contributed by atoms with van der Waals surface area (Å²) in [6.45, 7) is 0. The van der Waals surface area contributed by atoms with Crippen LogP contribution < -0.4 is 0 Å². The Bertz CT molecular complexity index is 933. The van der Waals surface area contributed by atoms with E-state index in [1.54, 1.807) is 0 Å². The molecule has 2 aromatic rings. The fourth-order valence-electron chi connectivity index (χ4n) is 6.44. The van der Waals surface area contributed by atoms with Crippen LogP contribution in [0.4, 0.5) is 0 Å². The first kappa shape index (κ1) is 17.5. The molecule has 3 heteroatoms. The van der Waals surface area contributed by atoms with E-state index in [1.807, 2.05) is 60.7 Å². The molecule has 0 aliphatic heterocycles. The summed E-state index contributed by atoms with van der Waals surface area (Å²) < 4.78 is 0. The van der Waals surface area contributed by atoms with Crippen LogP contribution in [0.3, 0.4) is 0 Å². The highest BCUT2D eigenvalue weighted by Crippen LogP contribution is 2.65. The second-order valence-electron chi connectivity index (χ2n) is 8.77. The molecular weight excluding hydrogens is 348 g/mol. The standard InChI is InChI=1S/C25H24O3/c26-20-15-25-13-7-12-18(25)14-19(20)21(23(27)16-8-3-1-4-9-16)22(25)24(28)17-10-5-2-6-11-17/h1-6,8-11,18-19,21-22H,7,12-15H2/t18-,19+,21+,22+,25+/m1/s1. The molecule has 3 nitrogen and oxygen atoms in total. The van der Waals surface area contributed by atoms with Gasteiger partial charge in [0.15, 0.2) is 11.6 Å². The van der Waals surface area contributed by atoms with Gasteiger partial charge in [-0.25, -0.2) is 0 Å². The van der Waals surface area contributed by atoms with Crippen molar-refractivity contribution < 1.29 is 14.4 Å². The van der Waals surface area contributed by atoms with Gasteiger partial charge in [-0.1, -0.05) is 67.1 Å². The number of fused-ring (bicyclic) bond motifs is 2. The van der Waals surface area contributed by atoms with E-state index in [2.05, 4.69) is 0 Å². The highest BCUT2D eigenvalue weighted by Gasteiger charge is 2.66. The highest BCUT2D eigenvalue weighted by atomic mass is 16.1. The zero-order valence-corrected chi connectivity index (χ0v) is 15.8. The van der Waals surface area contributed by atoms with Crippen LogP contribution in [0.25, 0.3) is 0 Å². The minimum Gasteiger partial charge on any atom is -0.299 e. The van der Waals surface area contributed by atoms with Crippen molar-refractivity contribution in [1.82, 2.24) is 0 Å². The van der Waals surface area contributed by atoms with E-state index in [9.17, 15) is 14.4 Å². The van der Waals surface area contributed by atoms with E-state index in [-0.39, 0.29) is 34.6 Å². The Morgan fingerprint density at radius 3 is 2.11 bits per heavy atom. The summed E-state index contributed by atoms with van der Waals surface area (Å²) in [5.41, 5.74) is 0.955. The smallest absolute Gasteiger partial charge is 0.167 e. The van der Waals surface area contributed by atoms with Gasteiger partial charge in [-0.2, -0.15) is 0 Å². The molecule has 4 aliphatic rings. The van der Waals surface area contributed by atoms with Crippen LogP contribution in [0.15, 0.2) is 60.7 Å². The third kappa shape index (κ3) is 2.45. The normalized spacial score (nSPS) is 33.5. The summed E-state index contributed by atoms with van der Waals surface area (Å²) in [4.78, 5) is 40.3. The summed E-state index contributed by atoms with van der Waals surface area (Å²) in [7, 11) is 0. The number of rotatable bonds is 4. The maximum atomic E-state index is 13.7. The molecule has 0 N–H and O–H groups in total. The molecule has 0 unspecified atom stereocenters. The first-order valence-corrected chi connectivity index (χ1v) is 10.3. The fraction of sp³-hybridized carbons (Fsp3) is 0.400. The average Bonchev–Trinajstić information content (AvgIpc) is 3.16. The lowest BCUT2D eigenvalue weighted by Crippen LogP contribution is -2.60. The van der Waals surface area contributed by atoms with Crippen molar-refractivity contribution in [1.29, 1.82) is 0 Å². The SMILES string of the molecule is O=C(c1ccccc1)[C@@H]1[C@@H](C(=O)c2ccccc2)[C@]23CCC[C@@H]2C[C@H]1C(=O)C3. The summed E-state index contributed by atoms with van der Waals surface area (Å²) in [6, 6.07) is 18.5. The summed E-state index contributed by atoms with van der Waals surface area (Å²) >= 11 is 0. The molecule has 0 radical (unpaired) electrons. The lowest BCUT2D eigenvalue weighted by molar-refractivity contribution is -0.145. The van der Waals surface area contributed by atoms with Gasteiger partial charge >= 0.3 is 0 Å². The molecule has 4 saturated carbocycles. The Hall–Kier alpha value is -2.55. The third-order valence-electron chi connectivity index (χ3n) is 7.58. The molecule has 4 aliphatic carbocycles. The molecule has 4 fully saturated rings. The number of carbonyl (C=O) groups excluding carboxylic acids is 3. The Balaban J connectivity index is 1.64. The fourth-order valence-corrected chi connectivity index (χ4v) is 6.44. The van der Waals surface area contributed by atoms with E-state index in [4.69, 9.17) is 0 Å². The molecule has 6 rings (SSSR count). The minimum atomic E-state index is -0.522. The van der Waals surface area contributed by atoms with Crippen molar-refractivity contribution in [2.45, 2.75) is 32.1 Å². The second kappa shape index (κ2) is 6.51. The molecule has 5 atom stereocenters. The summed E-state index contributed by atoms with van der Waals surface area (Å²) in [5.74, 6) is -0.596. The predicted molar refractivity (Wildman–Crippen MR) is 106 cm³/mol. The molecule has 142 valence electrons. The van der Waals surface area contributed by atoms with Crippen LogP contribution in [0.5, 0.6) is 0 Å². The molecule has 0 saturated heterocycles. The number of benzene rings is 2. The Morgan fingerprint density at radius 2 is 1.46 bits per heavy atom. The van der Waals surface area contributed by atoms with E-state index in [0.29, 0.717) is 23.5 Å². The first-order valence-electron chi connectivity index (χ1n) is 10.3. The van der Waals surface area contributed by atoms with Gasteiger partial charge in [0.25, 0.3) is 0 Å². The van der Waals surface area contributed by atoms with Crippen LogP contribution >= 0.6 is 0 Å². The zero-order valence-electron chi connectivity index (χ0n) is 15.8. The van der Waals surface area contributed by atoms with E-state index in [1.165, 1.54) is 0 Å². The van der Waals surface area contributed by atoms with Crippen molar-refractivity contribution in [2.75, 3.05) is 0 Å². The molecule has 0 amide bonds. The van der Waals surface area contributed by atoms with Crippen LogP contribution in [0.2, 0.25) is 0 Å². The van der Waals surface area contributed by atoms with Crippen molar-refractivity contribution in [3.05, 3.63) is 71.8 Å². The zero-order chi connectivity index (χ0) is 19.3. The minimum absolute atomic E-state index is 0.0299. The largest absolute Gasteiger partial charge is 0.299 e. The molecule has 2 aromatic carbocycles. The number of ketones is 3. The maximum absolute atomic E-state index is 13.7. The predicted octanol–water partition coefficient (Wildman–Crippen LogP) is 4.76. The molecule has 2 bridgehead atoms. The molecule has 28 heavy (non-hydrogen) atoms. The average molecular weight is 372 g/mol. The first-order chi connectivity index (χ1) is 13.6. The van der Waals surface area contributed by atoms with Gasteiger partial charge < -0.3 is 0 Å². The monoisotopic (exact) mass is 372 g/mol. The van der Waals surface area contributed by atoms with E-state index < -0.39 is 5.92 Å². The van der Waals surface area contributed by atoms with Gasteiger partial charge in [0.05, 0.1) is 0 Å². The summed E-state index contributed by atoms with van der Waals surface area (Å²) in [5, 5.41) is 0. The van der Waals surface area contributed by atoms with Crippen LogP contribution in [0, 0.1) is 29.1 Å². The van der Waals surface area contributed by atoms with Crippen molar-refractivity contribution in [2.24, 2.45) is 29.1 Å². The molecule has 1 spiro atoms. The molecule has 0 heterocycles. The highest BCUT2D eigenvalue weighted by molar-refractivity contribution is 6.08. The number of hydrogen-bond acceptors (Lipinski definition) is 3. The van der Waals surface area contributed by atoms with E-state index >= 15 is 0 Å². The lowest BCUT2D eigenvalue weighted by Gasteiger charge is -2.56. The molecular formula is C25H24O3. The Morgan fingerprint density at radius 1 is 0.857 bits per heavy atom. The summed E-state index contributed by atoms with van der Waals surface area (Å²) in [6.07, 6.45) is 4.27. The topological polar surface area (TPSA) is 51.2 Å². The van der Waals surface area contributed by atoms with E-state index in [0.717, 1.165) is 25.7 Å². The van der Waals surface area contributed by atoms with Crippen molar-refractivity contribution in [3.8, 4) is 0 Å². The van der Waals surface area contributed by atoms with Gasteiger partial charge in [-0.3, -0.25) is 14.4 Å². The lowest BCUT2D eigenvalue weighted by atomic mass is 9.45. The van der Waals surface area contributed by atoms with Crippen molar-refractivity contribution >= 4 is 17.3 Å².